The molecule has 10 heavy (non-hydrogen) atoms. The van der Waals surface area contributed by atoms with Gasteiger partial charge in [0.2, 0.25) is 0 Å². The lowest BCUT2D eigenvalue weighted by molar-refractivity contribution is -0.144. The van der Waals surface area contributed by atoms with Gasteiger partial charge in [0.15, 0.2) is 0 Å². The number of rotatable bonds is 2. The van der Waals surface area contributed by atoms with E-state index in [0.717, 1.165) is 0 Å². The zero-order valence-electron chi connectivity index (χ0n) is 6.35. The molecular formula is C7H13NO2. The Balaban J connectivity index is 2.78. The molecular weight excluding hydrogens is 130 g/mol. The van der Waals surface area contributed by atoms with Crippen LogP contribution >= 0.6 is 0 Å². The topological polar surface area (TPSA) is 63.3 Å². The number of carboxylic acids is 1. The molecule has 1 unspecified atom stereocenters. The van der Waals surface area contributed by atoms with E-state index < -0.39 is 11.4 Å². The first kappa shape index (κ1) is 7.54. The molecule has 1 rings (SSSR count). The zero-order chi connectivity index (χ0) is 7.99. The van der Waals surface area contributed by atoms with Crippen LogP contribution in [0.5, 0.6) is 0 Å². The number of hydrogen-bond acceptors (Lipinski definition) is 2. The van der Waals surface area contributed by atoms with E-state index in [4.69, 9.17) is 10.8 Å². The second-order valence-electron chi connectivity index (χ2n) is 3.65. The Morgan fingerprint density at radius 2 is 2.10 bits per heavy atom. The predicted octanol–water partition coefficient (Wildman–Crippen LogP) is 0.446. The highest BCUT2D eigenvalue weighted by molar-refractivity contribution is 5.80. The van der Waals surface area contributed by atoms with Crippen molar-refractivity contribution < 1.29 is 9.90 Å². The van der Waals surface area contributed by atoms with E-state index in [0.29, 0.717) is 6.42 Å². The first-order chi connectivity index (χ1) is 4.46. The van der Waals surface area contributed by atoms with Gasteiger partial charge in [0.1, 0.15) is 0 Å². The largest absolute Gasteiger partial charge is 0.481 e. The molecule has 3 nitrogen and oxygen atoms in total. The van der Waals surface area contributed by atoms with Gasteiger partial charge in [-0.25, -0.2) is 0 Å². The molecule has 0 amide bonds. The van der Waals surface area contributed by atoms with E-state index in [1.54, 1.807) is 0 Å². The molecule has 58 valence electrons. The molecule has 0 aromatic rings. The highest BCUT2D eigenvalue weighted by atomic mass is 16.4. The second kappa shape index (κ2) is 1.72. The van der Waals surface area contributed by atoms with Gasteiger partial charge in [0.05, 0.1) is 5.41 Å². The average Bonchev–Trinajstić information content (AvgIpc) is 2.35. The summed E-state index contributed by atoms with van der Waals surface area (Å²) < 4.78 is 0. The smallest absolute Gasteiger partial charge is 0.311 e. The lowest BCUT2D eigenvalue weighted by Crippen LogP contribution is -2.29. The lowest BCUT2D eigenvalue weighted by Gasteiger charge is -2.11. The number of carboxylic acid groups (broad SMARTS) is 1. The molecule has 3 N–H and O–H groups in total. The van der Waals surface area contributed by atoms with Crippen LogP contribution in [0.25, 0.3) is 0 Å². The Bertz CT molecular complexity index is 176. The fraction of sp³-hybridized carbons (Fsp3) is 0.857. The number of hydrogen-bond donors (Lipinski definition) is 2. The van der Waals surface area contributed by atoms with Crippen molar-refractivity contribution >= 4 is 5.97 Å². The summed E-state index contributed by atoms with van der Waals surface area (Å²) in [5.74, 6) is -0.750. The maximum absolute atomic E-state index is 10.7. The number of nitrogens with two attached hydrogens (primary N) is 1. The molecule has 1 atom stereocenters. The molecule has 0 heterocycles. The average molecular weight is 143 g/mol. The summed E-state index contributed by atoms with van der Waals surface area (Å²) in [5, 5.41) is 8.76. The minimum absolute atomic E-state index is 0.0897. The van der Waals surface area contributed by atoms with E-state index in [1.165, 1.54) is 0 Å². The van der Waals surface area contributed by atoms with Gasteiger partial charge in [-0.3, -0.25) is 4.79 Å². The maximum Gasteiger partial charge on any atom is 0.311 e. The highest BCUT2D eigenvalue weighted by Crippen LogP contribution is 2.62. The van der Waals surface area contributed by atoms with E-state index in [1.807, 2.05) is 13.8 Å². The maximum atomic E-state index is 10.7. The van der Waals surface area contributed by atoms with E-state index in [-0.39, 0.29) is 12.0 Å². The van der Waals surface area contributed by atoms with Gasteiger partial charge < -0.3 is 10.8 Å². The van der Waals surface area contributed by atoms with Crippen LogP contribution < -0.4 is 5.73 Å². The highest BCUT2D eigenvalue weighted by Gasteiger charge is 2.65. The Kier molecular flexibility index (Phi) is 1.30. The van der Waals surface area contributed by atoms with Gasteiger partial charge >= 0.3 is 5.97 Å². The summed E-state index contributed by atoms with van der Waals surface area (Å²) in [7, 11) is 0. The molecule has 0 bridgehead atoms. The van der Waals surface area contributed by atoms with E-state index in [9.17, 15) is 4.79 Å². The summed E-state index contributed by atoms with van der Waals surface area (Å²) in [5.41, 5.74) is 4.66. The van der Waals surface area contributed by atoms with Gasteiger partial charge in [-0.1, -0.05) is 13.8 Å². The summed E-state index contributed by atoms with van der Waals surface area (Å²) in [6.45, 7) is 4.14. The van der Waals surface area contributed by atoms with Gasteiger partial charge in [0, 0.05) is 6.54 Å². The zero-order valence-corrected chi connectivity index (χ0v) is 6.35. The molecule has 0 aromatic carbocycles. The quantitative estimate of drug-likeness (QED) is 0.589. The first-order valence-electron chi connectivity index (χ1n) is 3.40. The van der Waals surface area contributed by atoms with Crippen LogP contribution in [0.15, 0.2) is 0 Å². The standard InChI is InChI=1S/C7H13NO2/c1-6(2)3-7(6,4-8)5(9)10/h3-4,8H2,1-2H3,(H,9,10). The van der Waals surface area contributed by atoms with Crippen LogP contribution in [-0.4, -0.2) is 17.6 Å². The summed E-state index contributed by atoms with van der Waals surface area (Å²) in [6, 6.07) is 0. The summed E-state index contributed by atoms with van der Waals surface area (Å²) >= 11 is 0. The van der Waals surface area contributed by atoms with Crippen LogP contribution in [0, 0.1) is 10.8 Å². The van der Waals surface area contributed by atoms with Crippen LogP contribution in [0.1, 0.15) is 20.3 Å². The van der Waals surface area contributed by atoms with Crippen LogP contribution in [0.2, 0.25) is 0 Å². The van der Waals surface area contributed by atoms with Gasteiger partial charge in [0.25, 0.3) is 0 Å². The molecule has 1 fully saturated rings. The van der Waals surface area contributed by atoms with Crippen LogP contribution in [0.3, 0.4) is 0 Å². The molecule has 1 saturated carbocycles. The van der Waals surface area contributed by atoms with Gasteiger partial charge in [-0.2, -0.15) is 0 Å². The molecule has 3 heteroatoms. The molecule has 0 spiro atoms. The first-order valence-corrected chi connectivity index (χ1v) is 3.40. The SMILES string of the molecule is CC1(C)CC1(CN)C(=O)O. The normalized spacial score (nSPS) is 35.5. The minimum Gasteiger partial charge on any atom is -0.481 e. The molecule has 0 aliphatic heterocycles. The Labute approximate surface area is 60.2 Å². The molecule has 0 saturated heterocycles. The van der Waals surface area contributed by atoms with Gasteiger partial charge in [-0.15, -0.1) is 0 Å². The van der Waals surface area contributed by atoms with Crippen LogP contribution in [0.4, 0.5) is 0 Å². The third kappa shape index (κ3) is 0.669. The van der Waals surface area contributed by atoms with Crippen molar-refractivity contribution in [3.05, 3.63) is 0 Å². The second-order valence-corrected chi connectivity index (χ2v) is 3.65. The number of carbonyl (C=O) groups is 1. The van der Waals surface area contributed by atoms with E-state index in [2.05, 4.69) is 0 Å². The van der Waals surface area contributed by atoms with Crippen molar-refractivity contribution in [2.75, 3.05) is 6.54 Å². The van der Waals surface area contributed by atoms with Crippen molar-refractivity contribution in [1.82, 2.24) is 0 Å². The Morgan fingerprint density at radius 3 is 2.10 bits per heavy atom. The predicted molar refractivity (Wildman–Crippen MR) is 37.5 cm³/mol. The van der Waals surface area contributed by atoms with Crippen molar-refractivity contribution in [2.45, 2.75) is 20.3 Å². The third-order valence-electron chi connectivity index (χ3n) is 2.67. The van der Waals surface area contributed by atoms with Gasteiger partial charge in [-0.05, 0) is 11.8 Å². The van der Waals surface area contributed by atoms with Crippen molar-refractivity contribution in [3.63, 3.8) is 0 Å². The third-order valence-corrected chi connectivity index (χ3v) is 2.67. The minimum atomic E-state index is -0.750. The monoisotopic (exact) mass is 143 g/mol. The molecule has 1 aliphatic rings. The summed E-state index contributed by atoms with van der Waals surface area (Å²) in [6.07, 6.45) is 0.714. The van der Waals surface area contributed by atoms with Crippen molar-refractivity contribution in [3.8, 4) is 0 Å². The number of aliphatic carboxylic acids is 1. The fourth-order valence-electron chi connectivity index (χ4n) is 1.51. The van der Waals surface area contributed by atoms with Crippen molar-refractivity contribution in [1.29, 1.82) is 0 Å². The Hall–Kier alpha value is -0.570. The molecule has 0 aromatic heterocycles. The molecule has 0 radical (unpaired) electrons. The Morgan fingerprint density at radius 1 is 1.70 bits per heavy atom. The van der Waals surface area contributed by atoms with Crippen molar-refractivity contribution in [2.24, 2.45) is 16.6 Å². The fourth-order valence-corrected chi connectivity index (χ4v) is 1.51. The lowest BCUT2D eigenvalue weighted by atomic mass is 9.96. The van der Waals surface area contributed by atoms with Crippen LogP contribution in [-0.2, 0) is 4.79 Å². The molecule has 1 aliphatic carbocycles. The van der Waals surface area contributed by atoms with E-state index >= 15 is 0 Å². The summed E-state index contributed by atoms with van der Waals surface area (Å²) in [4.78, 5) is 10.7.